The molecule has 0 bridgehead atoms. The lowest BCUT2D eigenvalue weighted by Crippen LogP contribution is -2.36. The third kappa shape index (κ3) is 4.47. The molecule has 31 heavy (non-hydrogen) atoms. The third-order valence-electron chi connectivity index (χ3n) is 6.03. The fourth-order valence-corrected chi connectivity index (χ4v) is 5.54. The quantitative estimate of drug-likeness (QED) is 0.632. The molecule has 3 aromatic rings. The van der Waals surface area contributed by atoms with E-state index in [0.29, 0.717) is 12.4 Å². The molecule has 3 aromatic heterocycles. The average molecular weight is 442 g/mol. The fraction of sp³-hybridized carbons (Fsp3) is 0.609. The highest BCUT2D eigenvalue weighted by Crippen LogP contribution is 2.39. The van der Waals surface area contributed by atoms with Crippen LogP contribution in [0, 0.1) is 0 Å². The minimum absolute atomic E-state index is 0.0504. The lowest BCUT2D eigenvalue weighted by Gasteiger charge is -2.25. The second-order valence-corrected chi connectivity index (χ2v) is 10.6. The maximum absolute atomic E-state index is 5.99. The molecule has 7 nitrogen and oxygen atoms in total. The summed E-state index contributed by atoms with van der Waals surface area (Å²) in [5.74, 6) is 3.38. The van der Waals surface area contributed by atoms with E-state index in [2.05, 4.69) is 36.0 Å². The molecular weight excluding hydrogens is 410 g/mol. The van der Waals surface area contributed by atoms with Crippen LogP contribution in [0.4, 0.5) is 5.82 Å². The molecule has 0 unspecified atom stereocenters. The average Bonchev–Trinajstić information content (AvgIpc) is 3.37. The summed E-state index contributed by atoms with van der Waals surface area (Å²) in [4.78, 5) is 19.4. The number of nitrogens with one attached hydrogen (secondary N) is 1. The van der Waals surface area contributed by atoms with Crippen molar-refractivity contribution in [2.24, 2.45) is 0 Å². The summed E-state index contributed by atoms with van der Waals surface area (Å²) in [6.45, 7) is 11.1. The number of nitrogens with zero attached hydrogens (tertiary/aromatic N) is 4. The Bertz CT molecular complexity index is 1060. The summed E-state index contributed by atoms with van der Waals surface area (Å²) >= 11 is 1.85. The molecule has 2 aliphatic rings. The number of fused-ring (bicyclic) bond motifs is 3. The zero-order valence-corrected chi connectivity index (χ0v) is 19.5. The molecule has 8 heteroatoms. The number of hydrogen-bond acceptors (Lipinski definition) is 8. The van der Waals surface area contributed by atoms with Crippen molar-refractivity contribution < 1.29 is 9.15 Å². The van der Waals surface area contributed by atoms with E-state index >= 15 is 0 Å². The molecule has 0 aromatic carbocycles. The van der Waals surface area contributed by atoms with Crippen LogP contribution in [-0.4, -0.2) is 46.2 Å². The van der Waals surface area contributed by atoms with Crippen LogP contribution < -0.4 is 5.32 Å². The van der Waals surface area contributed by atoms with Crippen molar-refractivity contribution in [3.63, 3.8) is 0 Å². The number of aryl methyl sites for hydroxylation is 2. The van der Waals surface area contributed by atoms with Crippen LogP contribution in [-0.2, 0) is 36.1 Å². The molecule has 0 radical (unpaired) electrons. The first kappa shape index (κ1) is 20.8. The Hall–Kier alpha value is -2.03. The second-order valence-electron chi connectivity index (χ2n) is 9.49. The molecule has 0 atom stereocenters. The van der Waals surface area contributed by atoms with Gasteiger partial charge in [0.2, 0.25) is 5.89 Å². The van der Waals surface area contributed by atoms with E-state index in [9.17, 15) is 0 Å². The number of ether oxygens (including phenoxy) is 1. The van der Waals surface area contributed by atoms with Crippen molar-refractivity contribution in [1.29, 1.82) is 0 Å². The Morgan fingerprint density at radius 2 is 1.94 bits per heavy atom. The van der Waals surface area contributed by atoms with E-state index in [1.54, 1.807) is 0 Å². The van der Waals surface area contributed by atoms with Gasteiger partial charge in [-0.05, 0) is 31.2 Å². The number of thiophene rings is 1. The molecule has 1 aliphatic carbocycles. The Labute approximate surface area is 187 Å². The summed E-state index contributed by atoms with van der Waals surface area (Å²) in [6.07, 6.45) is 6.61. The molecule has 5 rings (SSSR count). The molecule has 166 valence electrons. The molecule has 1 N–H and O–H groups in total. The first-order valence-electron chi connectivity index (χ1n) is 11.3. The van der Waals surface area contributed by atoms with Crippen LogP contribution in [0.2, 0.25) is 0 Å². The minimum atomic E-state index is -0.0504. The number of oxazole rings is 1. The highest BCUT2D eigenvalue weighted by atomic mass is 32.1. The van der Waals surface area contributed by atoms with E-state index in [0.717, 1.165) is 67.9 Å². The van der Waals surface area contributed by atoms with Crippen molar-refractivity contribution in [3.8, 4) is 0 Å². The Morgan fingerprint density at radius 3 is 2.71 bits per heavy atom. The minimum Gasteiger partial charge on any atom is -0.443 e. The molecular formula is C23H31N5O2S. The Morgan fingerprint density at radius 1 is 1.13 bits per heavy atom. The lowest BCUT2D eigenvalue weighted by molar-refractivity contribution is 0.0331. The summed E-state index contributed by atoms with van der Waals surface area (Å²) in [5, 5.41) is 4.74. The van der Waals surface area contributed by atoms with E-state index in [4.69, 9.17) is 19.1 Å². The van der Waals surface area contributed by atoms with Crippen LogP contribution in [0.5, 0.6) is 0 Å². The zero-order valence-electron chi connectivity index (χ0n) is 18.7. The molecule has 0 amide bonds. The van der Waals surface area contributed by atoms with Crippen LogP contribution in [0.15, 0.2) is 10.6 Å². The summed E-state index contributed by atoms with van der Waals surface area (Å²) < 4.78 is 11.5. The van der Waals surface area contributed by atoms with Crippen molar-refractivity contribution in [2.75, 3.05) is 31.6 Å². The number of morpholine rings is 1. The standard InChI is InChI=1S/C23H31N5O2S/c1-23(2,3)17-12-24-19(30-17)13-25-21-20-15-6-4-5-7-16(15)31-22(20)27-18(26-21)14-28-8-10-29-11-9-28/h12H,4-11,13-14H2,1-3H3,(H,25,26,27). The maximum atomic E-state index is 5.99. The fourth-order valence-electron chi connectivity index (χ4n) is 4.26. The van der Waals surface area contributed by atoms with Gasteiger partial charge >= 0.3 is 0 Å². The number of hydrogen-bond donors (Lipinski definition) is 1. The van der Waals surface area contributed by atoms with E-state index in [-0.39, 0.29) is 5.41 Å². The lowest BCUT2D eigenvalue weighted by atomic mass is 9.94. The van der Waals surface area contributed by atoms with Gasteiger partial charge < -0.3 is 14.5 Å². The number of anilines is 1. The Kier molecular flexibility index (Phi) is 5.71. The molecule has 1 saturated heterocycles. The van der Waals surface area contributed by atoms with Crippen molar-refractivity contribution in [2.45, 2.75) is 65.0 Å². The van der Waals surface area contributed by atoms with Gasteiger partial charge in [0, 0.05) is 23.4 Å². The van der Waals surface area contributed by atoms with Gasteiger partial charge in [0.15, 0.2) is 0 Å². The molecule has 0 spiro atoms. The SMILES string of the molecule is CC(C)(C)c1cnc(CNc2nc(CN3CCOCC3)nc3sc4c(c23)CCCC4)o1. The smallest absolute Gasteiger partial charge is 0.213 e. The molecule has 4 heterocycles. The van der Waals surface area contributed by atoms with Gasteiger partial charge in [-0.1, -0.05) is 20.8 Å². The van der Waals surface area contributed by atoms with Gasteiger partial charge in [0.1, 0.15) is 22.2 Å². The monoisotopic (exact) mass is 441 g/mol. The first-order chi connectivity index (χ1) is 15.0. The van der Waals surface area contributed by atoms with E-state index < -0.39 is 0 Å². The van der Waals surface area contributed by atoms with Gasteiger partial charge in [-0.3, -0.25) is 4.90 Å². The van der Waals surface area contributed by atoms with Gasteiger partial charge in [-0.15, -0.1) is 11.3 Å². The van der Waals surface area contributed by atoms with Crippen LogP contribution >= 0.6 is 11.3 Å². The number of aromatic nitrogens is 3. The summed E-state index contributed by atoms with van der Waals surface area (Å²) in [7, 11) is 0. The van der Waals surface area contributed by atoms with E-state index in [1.807, 2.05) is 17.5 Å². The highest BCUT2D eigenvalue weighted by molar-refractivity contribution is 7.19. The predicted molar refractivity (Wildman–Crippen MR) is 123 cm³/mol. The second kappa shape index (κ2) is 8.48. The zero-order chi connectivity index (χ0) is 21.4. The highest BCUT2D eigenvalue weighted by Gasteiger charge is 2.23. The van der Waals surface area contributed by atoms with E-state index in [1.165, 1.54) is 28.7 Å². The van der Waals surface area contributed by atoms with Crippen molar-refractivity contribution in [1.82, 2.24) is 19.9 Å². The van der Waals surface area contributed by atoms with Gasteiger partial charge in [0.05, 0.1) is 37.9 Å². The normalized spacial score (nSPS) is 17.8. The van der Waals surface area contributed by atoms with Crippen molar-refractivity contribution in [3.05, 3.63) is 34.1 Å². The van der Waals surface area contributed by atoms with Crippen LogP contribution in [0.25, 0.3) is 10.2 Å². The predicted octanol–water partition coefficient (Wildman–Crippen LogP) is 4.30. The summed E-state index contributed by atoms with van der Waals surface area (Å²) in [6, 6.07) is 0. The first-order valence-corrected chi connectivity index (χ1v) is 12.1. The Balaban J connectivity index is 1.45. The van der Waals surface area contributed by atoms with Crippen LogP contribution in [0.3, 0.4) is 0 Å². The molecule has 1 aliphatic heterocycles. The van der Waals surface area contributed by atoms with Gasteiger partial charge in [-0.25, -0.2) is 15.0 Å². The van der Waals surface area contributed by atoms with Crippen molar-refractivity contribution >= 4 is 27.4 Å². The maximum Gasteiger partial charge on any atom is 0.213 e. The molecule has 1 fully saturated rings. The largest absolute Gasteiger partial charge is 0.443 e. The van der Waals surface area contributed by atoms with Gasteiger partial charge in [-0.2, -0.15) is 0 Å². The van der Waals surface area contributed by atoms with Gasteiger partial charge in [0.25, 0.3) is 0 Å². The van der Waals surface area contributed by atoms with Crippen LogP contribution in [0.1, 0.15) is 61.5 Å². The third-order valence-corrected chi connectivity index (χ3v) is 7.22. The topological polar surface area (TPSA) is 76.3 Å². The molecule has 0 saturated carbocycles. The number of rotatable bonds is 5. The summed E-state index contributed by atoms with van der Waals surface area (Å²) in [5.41, 5.74) is 1.39.